The van der Waals surface area contributed by atoms with Gasteiger partial charge in [0.2, 0.25) is 5.91 Å². The Balaban J connectivity index is 1.92. The molecule has 0 radical (unpaired) electrons. The van der Waals surface area contributed by atoms with E-state index in [1.165, 1.54) is 0 Å². The van der Waals surface area contributed by atoms with Gasteiger partial charge in [-0.1, -0.05) is 6.92 Å². The van der Waals surface area contributed by atoms with Crippen LogP contribution in [0.4, 0.5) is 11.4 Å². The second-order valence-electron chi connectivity index (χ2n) is 4.72. The molecule has 0 aliphatic rings. The first-order chi connectivity index (χ1) is 9.61. The Hall–Kier alpha value is -2.31. The molecular weight excluding hydrogens is 258 g/mol. The third-order valence-electron chi connectivity index (χ3n) is 3.13. The van der Waals surface area contributed by atoms with E-state index in [-0.39, 0.29) is 11.9 Å². The summed E-state index contributed by atoms with van der Waals surface area (Å²) >= 11 is 0. The lowest BCUT2D eigenvalue weighted by atomic mass is 10.2. The van der Waals surface area contributed by atoms with Crippen molar-refractivity contribution >= 4 is 28.3 Å². The van der Waals surface area contributed by atoms with Crippen LogP contribution in [0.25, 0.3) is 11.0 Å². The average molecular weight is 277 g/mol. The molecule has 0 saturated heterocycles. The Morgan fingerprint density at radius 2 is 2.15 bits per heavy atom. The third-order valence-corrected chi connectivity index (χ3v) is 3.13. The highest BCUT2D eigenvalue weighted by molar-refractivity contribution is 5.95. The van der Waals surface area contributed by atoms with Crippen molar-refractivity contribution in [3.05, 3.63) is 12.1 Å². The maximum atomic E-state index is 11.7. The van der Waals surface area contributed by atoms with Gasteiger partial charge in [0.25, 0.3) is 0 Å². The summed E-state index contributed by atoms with van der Waals surface area (Å²) in [4.78, 5) is 11.7. The largest absolute Gasteiger partial charge is 0.397 e. The van der Waals surface area contributed by atoms with Gasteiger partial charge in [-0.25, -0.2) is 4.63 Å². The lowest BCUT2D eigenvalue weighted by molar-refractivity contribution is -0.121. The van der Waals surface area contributed by atoms with Crippen LogP contribution in [-0.4, -0.2) is 28.8 Å². The standard InChI is InChI=1S/C13H19N5O2/c1-3-8(2)16-11(19)6-7-15-10-5-4-9(14)12-13(10)18-20-17-12/h4-5,8,15H,3,6-7,14H2,1-2H3,(H,16,19). The molecule has 2 aromatic rings. The minimum Gasteiger partial charge on any atom is -0.397 e. The minimum atomic E-state index is 0.0248. The van der Waals surface area contributed by atoms with E-state index < -0.39 is 0 Å². The second kappa shape index (κ2) is 6.23. The molecule has 0 aliphatic heterocycles. The van der Waals surface area contributed by atoms with Crippen molar-refractivity contribution in [2.75, 3.05) is 17.6 Å². The zero-order valence-electron chi connectivity index (χ0n) is 11.6. The highest BCUT2D eigenvalue weighted by Gasteiger charge is 2.10. The van der Waals surface area contributed by atoms with Crippen molar-refractivity contribution in [3.8, 4) is 0 Å². The second-order valence-corrected chi connectivity index (χ2v) is 4.72. The maximum absolute atomic E-state index is 11.7. The van der Waals surface area contributed by atoms with E-state index in [0.717, 1.165) is 12.1 Å². The van der Waals surface area contributed by atoms with Crippen LogP contribution in [0.2, 0.25) is 0 Å². The van der Waals surface area contributed by atoms with Gasteiger partial charge in [0.15, 0.2) is 11.0 Å². The van der Waals surface area contributed by atoms with Crippen LogP contribution in [0, 0.1) is 0 Å². The summed E-state index contributed by atoms with van der Waals surface area (Å²) in [5, 5.41) is 13.6. The predicted molar refractivity (Wildman–Crippen MR) is 77.2 cm³/mol. The lowest BCUT2D eigenvalue weighted by Gasteiger charge is -2.12. The summed E-state index contributed by atoms with van der Waals surface area (Å²) in [7, 11) is 0. The van der Waals surface area contributed by atoms with Crippen LogP contribution in [0.1, 0.15) is 26.7 Å². The van der Waals surface area contributed by atoms with Gasteiger partial charge >= 0.3 is 0 Å². The topological polar surface area (TPSA) is 106 Å². The molecule has 0 fully saturated rings. The van der Waals surface area contributed by atoms with E-state index in [1.54, 1.807) is 12.1 Å². The smallest absolute Gasteiger partial charge is 0.221 e. The molecule has 1 amide bonds. The summed E-state index contributed by atoms with van der Waals surface area (Å²) < 4.78 is 4.68. The van der Waals surface area contributed by atoms with Crippen LogP contribution >= 0.6 is 0 Å². The normalized spacial score (nSPS) is 12.3. The highest BCUT2D eigenvalue weighted by Crippen LogP contribution is 2.24. The van der Waals surface area contributed by atoms with E-state index in [0.29, 0.717) is 29.7 Å². The number of rotatable bonds is 6. The van der Waals surface area contributed by atoms with E-state index in [4.69, 9.17) is 5.73 Å². The first-order valence-electron chi connectivity index (χ1n) is 6.65. The molecule has 0 spiro atoms. The number of hydrogen-bond donors (Lipinski definition) is 3. The van der Waals surface area contributed by atoms with Gasteiger partial charge < -0.3 is 16.4 Å². The lowest BCUT2D eigenvalue weighted by Crippen LogP contribution is -2.32. The van der Waals surface area contributed by atoms with E-state index in [9.17, 15) is 4.79 Å². The fraction of sp³-hybridized carbons (Fsp3) is 0.462. The van der Waals surface area contributed by atoms with Crippen molar-refractivity contribution in [2.45, 2.75) is 32.7 Å². The number of nitrogens with zero attached hydrogens (tertiary/aromatic N) is 2. The van der Waals surface area contributed by atoms with E-state index in [2.05, 4.69) is 25.6 Å². The molecule has 0 saturated carbocycles. The van der Waals surface area contributed by atoms with Gasteiger partial charge in [0, 0.05) is 19.0 Å². The number of nitrogens with one attached hydrogen (secondary N) is 2. The predicted octanol–water partition coefficient (Wildman–Crippen LogP) is 1.52. The molecule has 1 atom stereocenters. The fourth-order valence-corrected chi connectivity index (χ4v) is 1.79. The molecular formula is C13H19N5O2. The Morgan fingerprint density at radius 3 is 2.90 bits per heavy atom. The summed E-state index contributed by atoms with van der Waals surface area (Å²) in [6.45, 7) is 4.52. The SMILES string of the molecule is CCC(C)NC(=O)CCNc1ccc(N)c2nonc12. The summed E-state index contributed by atoms with van der Waals surface area (Å²) in [5.74, 6) is 0.0248. The van der Waals surface area contributed by atoms with Crippen molar-refractivity contribution in [1.29, 1.82) is 0 Å². The number of amides is 1. The van der Waals surface area contributed by atoms with Crippen LogP contribution in [0.15, 0.2) is 16.8 Å². The molecule has 108 valence electrons. The Kier molecular flexibility index (Phi) is 4.39. The van der Waals surface area contributed by atoms with Crippen molar-refractivity contribution < 1.29 is 9.42 Å². The summed E-state index contributed by atoms with van der Waals surface area (Å²) in [6.07, 6.45) is 1.31. The molecule has 7 heteroatoms. The van der Waals surface area contributed by atoms with Crippen molar-refractivity contribution in [3.63, 3.8) is 0 Å². The quantitative estimate of drug-likeness (QED) is 0.691. The molecule has 0 bridgehead atoms. The summed E-state index contributed by atoms with van der Waals surface area (Å²) in [6, 6.07) is 3.73. The number of nitrogen functional groups attached to an aromatic ring is 1. The molecule has 2 rings (SSSR count). The van der Waals surface area contributed by atoms with Gasteiger partial charge in [-0.3, -0.25) is 4.79 Å². The molecule has 0 aliphatic carbocycles. The molecule has 4 N–H and O–H groups in total. The Labute approximate surface area is 116 Å². The summed E-state index contributed by atoms with van der Waals surface area (Å²) in [5.41, 5.74) is 8.14. The number of fused-ring (bicyclic) bond motifs is 1. The fourth-order valence-electron chi connectivity index (χ4n) is 1.79. The van der Waals surface area contributed by atoms with Gasteiger partial charge in [-0.15, -0.1) is 0 Å². The highest BCUT2D eigenvalue weighted by atomic mass is 16.6. The number of carbonyl (C=O) groups is 1. The monoisotopic (exact) mass is 277 g/mol. The van der Waals surface area contributed by atoms with Crippen LogP contribution in [0.5, 0.6) is 0 Å². The van der Waals surface area contributed by atoms with Gasteiger partial charge in [0.05, 0.1) is 11.4 Å². The maximum Gasteiger partial charge on any atom is 0.221 e. The third kappa shape index (κ3) is 3.17. The van der Waals surface area contributed by atoms with Gasteiger partial charge in [0.1, 0.15) is 0 Å². The number of benzene rings is 1. The number of anilines is 2. The van der Waals surface area contributed by atoms with E-state index in [1.807, 2.05) is 13.8 Å². The minimum absolute atomic E-state index is 0.0248. The first kappa shape index (κ1) is 14.1. The van der Waals surface area contributed by atoms with Crippen LogP contribution in [-0.2, 0) is 4.79 Å². The van der Waals surface area contributed by atoms with Gasteiger partial charge in [-0.2, -0.15) is 0 Å². The van der Waals surface area contributed by atoms with Crippen molar-refractivity contribution in [2.24, 2.45) is 0 Å². The zero-order valence-corrected chi connectivity index (χ0v) is 11.6. The Morgan fingerprint density at radius 1 is 1.40 bits per heavy atom. The number of aromatic nitrogens is 2. The molecule has 7 nitrogen and oxygen atoms in total. The average Bonchev–Trinajstić information content (AvgIpc) is 2.91. The van der Waals surface area contributed by atoms with Crippen LogP contribution < -0.4 is 16.4 Å². The Bertz CT molecular complexity index is 595. The number of carbonyl (C=O) groups excluding carboxylic acids is 1. The molecule has 1 unspecified atom stereocenters. The number of nitrogens with two attached hydrogens (primary N) is 1. The molecule has 1 aromatic heterocycles. The van der Waals surface area contributed by atoms with Gasteiger partial charge in [-0.05, 0) is 35.8 Å². The molecule has 1 aromatic carbocycles. The van der Waals surface area contributed by atoms with E-state index >= 15 is 0 Å². The molecule has 20 heavy (non-hydrogen) atoms. The van der Waals surface area contributed by atoms with Crippen molar-refractivity contribution in [1.82, 2.24) is 15.6 Å². The molecule has 1 heterocycles. The first-order valence-corrected chi connectivity index (χ1v) is 6.65. The number of hydrogen-bond acceptors (Lipinski definition) is 6. The zero-order chi connectivity index (χ0) is 14.5. The van der Waals surface area contributed by atoms with Crippen LogP contribution in [0.3, 0.4) is 0 Å².